The number of rotatable bonds is 8. The zero-order chi connectivity index (χ0) is 36.6. The molecule has 260 valence electrons. The van der Waals surface area contributed by atoms with Crippen molar-refractivity contribution in [2.75, 3.05) is 4.90 Å². The minimum Gasteiger partial charge on any atom is -0.310 e. The number of benzene rings is 8. The first-order valence-corrected chi connectivity index (χ1v) is 18.5. The van der Waals surface area contributed by atoms with Crippen molar-refractivity contribution >= 4 is 38.6 Å². The van der Waals surface area contributed by atoms with Crippen LogP contribution in [-0.4, -0.2) is 19.6 Å². The van der Waals surface area contributed by atoms with Crippen LogP contribution < -0.4 is 4.90 Å². The van der Waals surface area contributed by atoms with Crippen molar-refractivity contribution in [2.45, 2.75) is 0 Å². The molecule has 0 aliphatic heterocycles. The van der Waals surface area contributed by atoms with Crippen molar-refractivity contribution in [1.82, 2.24) is 19.6 Å². The molecule has 0 atom stereocenters. The molecule has 2 heterocycles. The summed E-state index contributed by atoms with van der Waals surface area (Å²) in [4.78, 5) is 2.34. The Kier molecular flexibility index (Phi) is 8.08. The van der Waals surface area contributed by atoms with Gasteiger partial charge in [-0.3, -0.25) is 0 Å². The van der Waals surface area contributed by atoms with Gasteiger partial charge in [-0.25, -0.2) is 9.36 Å². The second kappa shape index (κ2) is 13.8. The molecule has 5 heteroatoms. The van der Waals surface area contributed by atoms with Crippen LogP contribution >= 0.6 is 0 Å². The van der Waals surface area contributed by atoms with E-state index in [0.29, 0.717) is 0 Å². The number of nitrogens with zero attached hydrogens (tertiary/aromatic N) is 5. The van der Waals surface area contributed by atoms with Crippen LogP contribution in [0.25, 0.3) is 66.3 Å². The van der Waals surface area contributed by atoms with E-state index in [2.05, 4.69) is 191 Å². The van der Waals surface area contributed by atoms with Crippen molar-refractivity contribution in [1.29, 1.82) is 0 Å². The Hall–Kier alpha value is -7.50. The average Bonchev–Trinajstić information content (AvgIpc) is 4.01. The van der Waals surface area contributed by atoms with Gasteiger partial charge in [-0.05, 0) is 140 Å². The highest BCUT2D eigenvalue weighted by Crippen LogP contribution is 2.39. The van der Waals surface area contributed by atoms with Crippen molar-refractivity contribution < 1.29 is 0 Å². The molecule has 0 aliphatic rings. The Labute approximate surface area is 319 Å². The van der Waals surface area contributed by atoms with Gasteiger partial charge in [0.1, 0.15) is 0 Å². The molecular weight excluding hydrogens is 671 g/mol. The van der Waals surface area contributed by atoms with Crippen LogP contribution in [0.15, 0.2) is 213 Å². The van der Waals surface area contributed by atoms with E-state index in [1.165, 1.54) is 32.7 Å². The largest absolute Gasteiger partial charge is 0.310 e. The van der Waals surface area contributed by atoms with Gasteiger partial charge in [0.25, 0.3) is 0 Å². The van der Waals surface area contributed by atoms with E-state index < -0.39 is 0 Å². The van der Waals surface area contributed by atoms with E-state index in [-0.39, 0.29) is 0 Å². The maximum absolute atomic E-state index is 4.37. The smallest absolute Gasteiger partial charge is 0.0645 e. The van der Waals surface area contributed by atoms with E-state index in [0.717, 1.165) is 50.7 Å². The number of hydrogen-bond donors (Lipinski definition) is 0. The first kappa shape index (κ1) is 32.2. The number of hydrogen-bond acceptors (Lipinski definition) is 3. The molecule has 0 spiro atoms. The molecule has 0 saturated carbocycles. The zero-order valence-corrected chi connectivity index (χ0v) is 29.9. The third-order valence-electron chi connectivity index (χ3n) is 10.4. The second-order valence-electron chi connectivity index (χ2n) is 13.7. The highest BCUT2D eigenvalue weighted by atomic mass is 15.3. The number of aromatic nitrogens is 4. The third kappa shape index (κ3) is 6.34. The highest BCUT2D eigenvalue weighted by Gasteiger charge is 2.15. The Morgan fingerprint density at radius 1 is 0.309 bits per heavy atom. The molecular formula is C50H35N5. The minimum absolute atomic E-state index is 1.04. The maximum atomic E-state index is 4.37. The first-order chi connectivity index (χ1) is 27.2. The molecule has 5 nitrogen and oxygen atoms in total. The third-order valence-corrected chi connectivity index (χ3v) is 10.4. The van der Waals surface area contributed by atoms with Crippen molar-refractivity contribution in [3.8, 4) is 44.8 Å². The predicted molar refractivity (Wildman–Crippen MR) is 227 cm³/mol. The Balaban J connectivity index is 0.994. The fraction of sp³-hybridized carbons (Fsp3) is 0. The molecule has 0 radical (unpaired) electrons. The quantitative estimate of drug-likeness (QED) is 0.158. The summed E-state index contributed by atoms with van der Waals surface area (Å²) < 4.78 is 3.75. The lowest BCUT2D eigenvalue weighted by Gasteiger charge is -2.26. The van der Waals surface area contributed by atoms with E-state index in [4.69, 9.17) is 0 Å². The standard InChI is InChI=1S/C50H35N5/c1-2-6-41-33-42(8-7-36(41)5-1)43-9-10-45-35-50(28-19-44(45)34-43)55(48-24-15-39(16-25-48)37-11-20-46(21-12-37)53-31-3-29-51-53)49-26-17-40(18-27-49)38-13-22-47(23-14-38)54-32-4-30-52-54/h1-35H. The fourth-order valence-corrected chi connectivity index (χ4v) is 7.43. The molecule has 2 aromatic heterocycles. The minimum atomic E-state index is 1.04. The van der Waals surface area contributed by atoms with Crippen molar-refractivity contribution in [2.24, 2.45) is 0 Å². The molecule has 0 bridgehead atoms. The van der Waals surface area contributed by atoms with E-state index >= 15 is 0 Å². The van der Waals surface area contributed by atoms with Gasteiger partial charge in [0, 0.05) is 41.8 Å². The molecule has 0 N–H and O–H groups in total. The highest BCUT2D eigenvalue weighted by molar-refractivity contribution is 5.94. The summed E-state index contributed by atoms with van der Waals surface area (Å²) >= 11 is 0. The lowest BCUT2D eigenvalue weighted by Crippen LogP contribution is -2.09. The van der Waals surface area contributed by atoms with Gasteiger partial charge in [0.15, 0.2) is 0 Å². The predicted octanol–water partition coefficient (Wildman–Crippen LogP) is 12.8. The van der Waals surface area contributed by atoms with Crippen LogP contribution in [0.5, 0.6) is 0 Å². The molecule has 55 heavy (non-hydrogen) atoms. The summed E-state index contributed by atoms with van der Waals surface area (Å²) in [6, 6.07) is 67.4. The van der Waals surface area contributed by atoms with Crippen molar-refractivity contribution in [3.05, 3.63) is 213 Å². The summed E-state index contributed by atoms with van der Waals surface area (Å²) in [5.41, 5.74) is 12.4. The molecule has 0 saturated heterocycles. The topological polar surface area (TPSA) is 38.9 Å². The molecule has 10 rings (SSSR count). The van der Waals surface area contributed by atoms with E-state index in [9.17, 15) is 0 Å². The van der Waals surface area contributed by atoms with Crippen LogP contribution in [0.4, 0.5) is 17.1 Å². The van der Waals surface area contributed by atoms with Crippen LogP contribution in [0, 0.1) is 0 Å². The van der Waals surface area contributed by atoms with Gasteiger partial charge < -0.3 is 4.90 Å². The van der Waals surface area contributed by atoms with E-state index in [1.54, 1.807) is 12.4 Å². The van der Waals surface area contributed by atoms with Crippen LogP contribution in [0.3, 0.4) is 0 Å². The lowest BCUT2D eigenvalue weighted by molar-refractivity contribution is 0.881. The van der Waals surface area contributed by atoms with Gasteiger partial charge in [-0.15, -0.1) is 0 Å². The SMILES string of the molecule is c1ccc2cc(-c3ccc4cc(N(c5ccc(-c6ccc(-n7cccn7)cc6)cc5)c5ccc(-c6ccc(-n7cccn7)cc6)cc5)ccc4c3)ccc2c1. The molecule has 0 unspecified atom stereocenters. The van der Waals surface area contributed by atoms with E-state index in [1.807, 2.05) is 33.9 Å². The Morgan fingerprint density at radius 3 is 1.18 bits per heavy atom. The average molecular weight is 706 g/mol. The lowest BCUT2D eigenvalue weighted by atomic mass is 9.98. The molecule has 0 aliphatic carbocycles. The second-order valence-corrected chi connectivity index (χ2v) is 13.7. The summed E-state index contributed by atoms with van der Waals surface area (Å²) in [5, 5.41) is 13.6. The molecule has 8 aromatic carbocycles. The summed E-state index contributed by atoms with van der Waals surface area (Å²) in [6.45, 7) is 0. The molecule has 0 fully saturated rings. The Morgan fingerprint density at radius 2 is 0.691 bits per heavy atom. The van der Waals surface area contributed by atoms with Gasteiger partial charge in [0.2, 0.25) is 0 Å². The first-order valence-electron chi connectivity index (χ1n) is 18.5. The van der Waals surface area contributed by atoms with Gasteiger partial charge in [-0.2, -0.15) is 10.2 Å². The summed E-state index contributed by atoms with van der Waals surface area (Å²) in [7, 11) is 0. The Bertz CT molecular complexity index is 2750. The van der Waals surface area contributed by atoms with Gasteiger partial charge >= 0.3 is 0 Å². The van der Waals surface area contributed by atoms with Gasteiger partial charge in [-0.1, -0.05) is 103 Å². The van der Waals surface area contributed by atoms with Crippen LogP contribution in [-0.2, 0) is 0 Å². The number of anilines is 3. The maximum Gasteiger partial charge on any atom is 0.0645 e. The van der Waals surface area contributed by atoms with Crippen LogP contribution in [0.2, 0.25) is 0 Å². The van der Waals surface area contributed by atoms with Gasteiger partial charge in [0.05, 0.1) is 11.4 Å². The van der Waals surface area contributed by atoms with Crippen LogP contribution in [0.1, 0.15) is 0 Å². The zero-order valence-electron chi connectivity index (χ0n) is 29.9. The van der Waals surface area contributed by atoms with Crippen molar-refractivity contribution in [3.63, 3.8) is 0 Å². The molecule has 10 aromatic rings. The number of fused-ring (bicyclic) bond motifs is 2. The molecule has 0 amide bonds. The monoisotopic (exact) mass is 705 g/mol. The fourth-order valence-electron chi connectivity index (χ4n) is 7.43. The summed E-state index contributed by atoms with van der Waals surface area (Å²) in [5.74, 6) is 0. The normalized spacial score (nSPS) is 11.3. The summed E-state index contributed by atoms with van der Waals surface area (Å²) in [6.07, 6.45) is 7.51.